The summed E-state index contributed by atoms with van der Waals surface area (Å²) in [5.41, 5.74) is 0.928. The van der Waals surface area contributed by atoms with Gasteiger partial charge < -0.3 is 4.74 Å². The highest BCUT2D eigenvalue weighted by molar-refractivity contribution is 6.02. The average Bonchev–Trinajstić information content (AvgIpc) is 2.68. The van der Waals surface area contributed by atoms with Gasteiger partial charge in [-0.25, -0.2) is 4.79 Å². The zero-order chi connectivity index (χ0) is 11.8. The molecule has 86 valence electrons. The number of anilines is 1. The molecule has 1 amide bonds. The third-order valence-electron chi connectivity index (χ3n) is 3.02. The van der Waals surface area contributed by atoms with Crippen molar-refractivity contribution in [3.05, 3.63) is 42.5 Å². The average molecular weight is 227 g/mol. The molecule has 3 nitrogen and oxygen atoms in total. The van der Waals surface area contributed by atoms with Crippen molar-refractivity contribution in [1.29, 1.82) is 0 Å². The number of rotatable bonds is 1. The van der Waals surface area contributed by atoms with Crippen LogP contribution < -0.4 is 4.90 Å². The molecule has 1 aliphatic rings. The number of carbonyl (C=O) groups is 1. The first-order valence-corrected chi connectivity index (χ1v) is 5.71. The van der Waals surface area contributed by atoms with Gasteiger partial charge in [0, 0.05) is 5.39 Å². The molecule has 0 saturated carbocycles. The Morgan fingerprint density at radius 2 is 1.94 bits per heavy atom. The quantitative estimate of drug-likeness (QED) is 0.748. The molecular formula is C14H13NO2. The van der Waals surface area contributed by atoms with Crippen LogP contribution in [0, 0.1) is 0 Å². The van der Waals surface area contributed by atoms with Crippen LogP contribution in [-0.2, 0) is 4.74 Å². The van der Waals surface area contributed by atoms with Crippen LogP contribution in [0.1, 0.15) is 6.92 Å². The first-order chi connectivity index (χ1) is 8.25. The van der Waals surface area contributed by atoms with E-state index in [9.17, 15) is 4.79 Å². The van der Waals surface area contributed by atoms with Crippen molar-refractivity contribution in [2.75, 3.05) is 11.4 Å². The predicted octanol–water partition coefficient (Wildman–Crippen LogP) is 3.18. The van der Waals surface area contributed by atoms with Gasteiger partial charge in [0.15, 0.2) is 0 Å². The molecule has 1 fully saturated rings. The summed E-state index contributed by atoms with van der Waals surface area (Å²) in [5, 5.41) is 2.22. The lowest BCUT2D eigenvalue weighted by Gasteiger charge is -2.15. The van der Waals surface area contributed by atoms with E-state index in [0.717, 1.165) is 16.5 Å². The number of cyclic esters (lactones) is 1. The molecule has 2 aromatic carbocycles. The van der Waals surface area contributed by atoms with E-state index in [1.165, 1.54) is 0 Å². The lowest BCUT2D eigenvalue weighted by atomic mass is 10.1. The summed E-state index contributed by atoms with van der Waals surface area (Å²) in [6.45, 7) is 2.52. The molecule has 17 heavy (non-hydrogen) atoms. The lowest BCUT2D eigenvalue weighted by molar-refractivity contribution is 0.150. The highest BCUT2D eigenvalue weighted by atomic mass is 16.6. The van der Waals surface area contributed by atoms with E-state index < -0.39 is 0 Å². The topological polar surface area (TPSA) is 29.5 Å². The number of hydrogen-bond donors (Lipinski definition) is 0. The van der Waals surface area contributed by atoms with E-state index in [4.69, 9.17) is 4.74 Å². The van der Waals surface area contributed by atoms with Crippen LogP contribution in [0.4, 0.5) is 10.5 Å². The predicted molar refractivity (Wildman–Crippen MR) is 67.2 cm³/mol. The number of ether oxygens (including phenoxy) is 1. The van der Waals surface area contributed by atoms with Crippen LogP contribution in [-0.4, -0.2) is 18.7 Å². The molecule has 0 bridgehead atoms. The van der Waals surface area contributed by atoms with Gasteiger partial charge in [0.2, 0.25) is 0 Å². The van der Waals surface area contributed by atoms with Crippen molar-refractivity contribution in [2.45, 2.75) is 13.0 Å². The summed E-state index contributed by atoms with van der Waals surface area (Å²) < 4.78 is 5.16. The van der Waals surface area contributed by atoms with Gasteiger partial charge in [-0.05, 0) is 18.4 Å². The Balaban J connectivity index is 2.14. The fourth-order valence-corrected chi connectivity index (χ4v) is 2.25. The summed E-state index contributed by atoms with van der Waals surface area (Å²) >= 11 is 0. The molecule has 1 unspecified atom stereocenters. The highest BCUT2D eigenvalue weighted by Crippen LogP contribution is 2.29. The Morgan fingerprint density at radius 1 is 1.18 bits per heavy atom. The molecule has 0 N–H and O–H groups in total. The van der Waals surface area contributed by atoms with Crippen LogP contribution in [0.25, 0.3) is 10.8 Å². The lowest BCUT2D eigenvalue weighted by Crippen LogP contribution is -2.24. The normalized spacial score (nSPS) is 19.7. The third-order valence-corrected chi connectivity index (χ3v) is 3.02. The van der Waals surface area contributed by atoms with E-state index in [0.29, 0.717) is 6.54 Å². The van der Waals surface area contributed by atoms with Crippen LogP contribution in [0.3, 0.4) is 0 Å². The number of amides is 1. The van der Waals surface area contributed by atoms with Crippen molar-refractivity contribution < 1.29 is 9.53 Å². The number of hydrogen-bond acceptors (Lipinski definition) is 2. The maximum absolute atomic E-state index is 11.7. The SMILES string of the molecule is CC1CN(c2cccc3ccccc23)C(=O)O1. The Morgan fingerprint density at radius 3 is 2.71 bits per heavy atom. The van der Waals surface area contributed by atoms with Crippen LogP contribution >= 0.6 is 0 Å². The van der Waals surface area contributed by atoms with E-state index in [2.05, 4.69) is 0 Å². The molecule has 1 atom stereocenters. The van der Waals surface area contributed by atoms with Crippen molar-refractivity contribution >= 4 is 22.6 Å². The molecule has 2 aromatic rings. The summed E-state index contributed by atoms with van der Waals surface area (Å²) in [6.07, 6.45) is -0.296. The molecule has 0 spiro atoms. The minimum atomic E-state index is -0.256. The minimum Gasteiger partial charge on any atom is -0.444 e. The van der Waals surface area contributed by atoms with Gasteiger partial charge in [0.25, 0.3) is 0 Å². The van der Waals surface area contributed by atoms with Crippen LogP contribution in [0.5, 0.6) is 0 Å². The highest BCUT2D eigenvalue weighted by Gasteiger charge is 2.30. The number of nitrogens with zero attached hydrogens (tertiary/aromatic N) is 1. The van der Waals surface area contributed by atoms with Crippen LogP contribution in [0.15, 0.2) is 42.5 Å². The Bertz CT molecular complexity index is 574. The number of benzene rings is 2. The largest absolute Gasteiger partial charge is 0.444 e. The summed E-state index contributed by atoms with van der Waals surface area (Å²) in [5.74, 6) is 0. The van der Waals surface area contributed by atoms with Crippen molar-refractivity contribution in [3.8, 4) is 0 Å². The Hall–Kier alpha value is -2.03. The zero-order valence-electron chi connectivity index (χ0n) is 9.59. The fourth-order valence-electron chi connectivity index (χ4n) is 2.25. The van der Waals surface area contributed by atoms with Crippen LogP contribution in [0.2, 0.25) is 0 Å². The second kappa shape index (κ2) is 3.77. The summed E-state index contributed by atoms with van der Waals surface area (Å²) in [4.78, 5) is 13.4. The molecule has 0 aromatic heterocycles. The monoisotopic (exact) mass is 227 g/mol. The molecule has 3 rings (SSSR count). The first kappa shape index (κ1) is 10.1. The zero-order valence-corrected chi connectivity index (χ0v) is 9.59. The van der Waals surface area contributed by atoms with Gasteiger partial charge in [-0.1, -0.05) is 36.4 Å². The van der Waals surface area contributed by atoms with Gasteiger partial charge >= 0.3 is 6.09 Å². The van der Waals surface area contributed by atoms with E-state index >= 15 is 0 Å². The van der Waals surface area contributed by atoms with Crippen molar-refractivity contribution in [2.24, 2.45) is 0 Å². The molecule has 1 aliphatic heterocycles. The molecule has 0 aliphatic carbocycles. The molecule has 0 radical (unpaired) electrons. The standard InChI is InChI=1S/C14H13NO2/c1-10-9-15(14(16)17-10)13-8-4-6-11-5-2-3-7-12(11)13/h2-8,10H,9H2,1H3. The van der Waals surface area contributed by atoms with Gasteiger partial charge in [-0.3, -0.25) is 4.90 Å². The summed E-state index contributed by atoms with van der Waals surface area (Å²) in [7, 11) is 0. The van der Waals surface area contributed by atoms with Crippen molar-refractivity contribution in [1.82, 2.24) is 0 Å². The molecule has 3 heteroatoms. The number of carbonyl (C=O) groups excluding carboxylic acids is 1. The third kappa shape index (κ3) is 1.64. The van der Waals surface area contributed by atoms with Gasteiger partial charge in [0.1, 0.15) is 6.10 Å². The molecule has 1 heterocycles. The fraction of sp³-hybridized carbons (Fsp3) is 0.214. The van der Waals surface area contributed by atoms with Gasteiger partial charge in [-0.15, -0.1) is 0 Å². The molecular weight excluding hydrogens is 214 g/mol. The van der Waals surface area contributed by atoms with Gasteiger partial charge in [0.05, 0.1) is 12.2 Å². The van der Waals surface area contributed by atoms with Crippen molar-refractivity contribution in [3.63, 3.8) is 0 Å². The summed E-state index contributed by atoms with van der Waals surface area (Å²) in [6, 6.07) is 14.0. The second-order valence-electron chi connectivity index (χ2n) is 4.30. The number of fused-ring (bicyclic) bond motifs is 1. The maximum Gasteiger partial charge on any atom is 0.414 e. The Labute approximate surface area is 99.6 Å². The maximum atomic E-state index is 11.7. The minimum absolute atomic E-state index is 0.0403. The van der Waals surface area contributed by atoms with E-state index in [1.54, 1.807) is 4.90 Å². The molecule has 1 saturated heterocycles. The second-order valence-corrected chi connectivity index (χ2v) is 4.30. The first-order valence-electron chi connectivity index (χ1n) is 5.71. The van der Waals surface area contributed by atoms with E-state index in [-0.39, 0.29) is 12.2 Å². The Kier molecular flexibility index (Phi) is 2.25. The van der Waals surface area contributed by atoms with E-state index in [1.807, 2.05) is 49.4 Å². The van der Waals surface area contributed by atoms with Gasteiger partial charge in [-0.2, -0.15) is 0 Å². The smallest absolute Gasteiger partial charge is 0.414 e.